The Labute approximate surface area is 259 Å². The first-order valence-corrected chi connectivity index (χ1v) is 15.9. The molecule has 0 aliphatic carbocycles. The van der Waals surface area contributed by atoms with Crippen LogP contribution in [0.5, 0.6) is 11.5 Å². The number of hydrogen-bond acceptors (Lipinski definition) is 10. The fraction of sp³-hybridized carbons (Fsp3) is 0.484. The predicted molar refractivity (Wildman–Crippen MR) is 164 cm³/mol. The van der Waals surface area contributed by atoms with Crippen LogP contribution in [0.1, 0.15) is 25.0 Å². The number of piperazine rings is 1. The smallest absolute Gasteiger partial charge is 0.344 e. The van der Waals surface area contributed by atoms with Gasteiger partial charge in [0.2, 0.25) is 0 Å². The van der Waals surface area contributed by atoms with Crippen molar-refractivity contribution < 1.29 is 28.1 Å². The maximum Gasteiger partial charge on any atom is 0.344 e. The average Bonchev–Trinajstić information content (AvgIpc) is 3.53. The molecule has 9 nitrogen and oxygen atoms in total. The minimum Gasteiger partial charge on any atom is -0.485 e. The van der Waals surface area contributed by atoms with Crippen molar-refractivity contribution in [1.29, 1.82) is 0 Å². The summed E-state index contributed by atoms with van der Waals surface area (Å²) in [5.74, 6) is 1.63. The first-order valence-electron chi connectivity index (χ1n) is 14.7. The number of ether oxygens (including phenoxy) is 4. The molecule has 5 aliphatic heterocycles. The van der Waals surface area contributed by atoms with Gasteiger partial charge in [-0.2, -0.15) is 0 Å². The van der Waals surface area contributed by atoms with Crippen molar-refractivity contribution in [2.45, 2.75) is 43.0 Å². The summed E-state index contributed by atoms with van der Waals surface area (Å²) in [5, 5.41) is 0.297. The Balaban J connectivity index is 1.04. The highest BCUT2D eigenvalue weighted by atomic mass is 35.5. The molecule has 43 heavy (non-hydrogen) atoms. The SMILES string of the molecule is COC(=O)C1=CC2C(N=C(CN3CCN(c4cccc5c4OC(c4ccc(Cl)cc4F)CO5)CC3C)N2CC2CCO2)S1. The summed E-state index contributed by atoms with van der Waals surface area (Å²) < 4.78 is 37.9. The van der Waals surface area contributed by atoms with Gasteiger partial charge in [0, 0.05) is 49.4 Å². The Morgan fingerprint density at radius 1 is 1.26 bits per heavy atom. The van der Waals surface area contributed by atoms with E-state index in [-0.39, 0.29) is 36.1 Å². The third-order valence-corrected chi connectivity index (χ3v) is 10.2. The van der Waals surface area contributed by atoms with Gasteiger partial charge in [0.05, 0.1) is 36.4 Å². The summed E-state index contributed by atoms with van der Waals surface area (Å²) in [5.41, 5.74) is 1.37. The molecule has 0 saturated carbocycles. The van der Waals surface area contributed by atoms with Crippen LogP contribution < -0.4 is 14.4 Å². The van der Waals surface area contributed by atoms with E-state index in [0.717, 1.165) is 57.3 Å². The molecule has 2 aromatic carbocycles. The second-order valence-corrected chi connectivity index (χ2v) is 13.0. The molecule has 0 aromatic heterocycles. The number of thioether (sulfide) groups is 1. The number of halogens is 2. The van der Waals surface area contributed by atoms with Crippen LogP contribution in [0.15, 0.2) is 52.4 Å². The van der Waals surface area contributed by atoms with E-state index in [2.05, 4.69) is 21.6 Å². The zero-order valence-corrected chi connectivity index (χ0v) is 25.7. The lowest BCUT2D eigenvalue weighted by Crippen LogP contribution is -2.55. The summed E-state index contributed by atoms with van der Waals surface area (Å²) in [6, 6.07) is 10.8. The number of anilines is 1. The maximum absolute atomic E-state index is 14.7. The minimum atomic E-state index is -0.568. The maximum atomic E-state index is 14.7. The lowest BCUT2D eigenvalue weighted by molar-refractivity contribution is -0.135. The van der Waals surface area contributed by atoms with Gasteiger partial charge in [0.15, 0.2) is 17.6 Å². The van der Waals surface area contributed by atoms with Gasteiger partial charge in [0.1, 0.15) is 23.6 Å². The predicted octanol–water partition coefficient (Wildman–Crippen LogP) is 4.50. The lowest BCUT2D eigenvalue weighted by atomic mass is 10.1. The summed E-state index contributed by atoms with van der Waals surface area (Å²) in [4.78, 5) is 25.0. The van der Waals surface area contributed by atoms with E-state index in [1.54, 1.807) is 12.1 Å². The molecule has 0 radical (unpaired) electrons. The topological polar surface area (TPSA) is 76.1 Å². The molecule has 2 aromatic rings. The number of benzene rings is 2. The highest BCUT2D eigenvalue weighted by Gasteiger charge is 2.44. The first kappa shape index (κ1) is 28.8. The van der Waals surface area contributed by atoms with Gasteiger partial charge >= 0.3 is 5.97 Å². The van der Waals surface area contributed by atoms with E-state index in [1.807, 2.05) is 24.3 Å². The van der Waals surface area contributed by atoms with Crippen LogP contribution in [0.3, 0.4) is 0 Å². The Morgan fingerprint density at radius 3 is 2.86 bits per heavy atom. The fourth-order valence-electron chi connectivity index (χ4n) is 6.31. The second-order valence-electron chi connectivity index (χ2n) is 11.5. The number of carbonyl (C=O) groups is 1. The van der Waals surface area contributed by atoms with Crippen molar-refractivity contribution in [3.05, 3.63) is 63.8 Å². The summed E-state index contributed by atoms with van der Waals surface area (Å²) in [7, 11) is 1.41. The minimum absolute atomic E-state index is 0.0290. The standard InChI is InChI=1S/C31H34ClFN4O5S/c1-18-14-36(23-4-3-5-25-29(23)42-26(17-41-25)21-7-6-19(32)12-22(21)33)10-9-35(18)16-28-34-30-24(13-27(43-30)31(38)39-2)37(28)15-20-8-11-40-20/h3-7,12-13,18,20,24,26,30H,8-11,14-17H2,1-2H3. The Hall–Kier alpha value is -2.99. The summed E-state index contributed by atoms with van der Waals surface area (Å²) >= 11 is 7.45. The van der Waals surface area contributed by atoms with E-state index in [9.17, 15) is 9.18 Å². The number of methoxy groups -OCH3 is 1. The molecule has 5 aliphatic rings. The molecule has 0 spiro atoms. The van der Waals surface area contributed by atoms with E-state index in [4.69, 9.17) is 35.5 Å². The zero-order chi connectivity index (χ0) is 29.7. The van der Waals surface area contributed by atoms with Gasteiger partial charge in [-0.3, -0.25) is 9.89 Å². The van der Waals surface area contributed by atoms with Crippen molar-refractivity contribution in [2.75, 3.05) is 57.9 Å². The number of carbonyl (C=O) groups excluding carboxylic acids is 1. The number of amidine groups is 1. The molecule has 12 heteroatoms. The molecule has 0 amide bonds. The van der Waals surface area contributed by atoms with E-state index in [0.29, 0.717) is 27.0 Å². The van der Waals surface area contributed by atoms with Crippen LogP contribution in [0.25, 0.3) is 0 Å². The number of hydrogen-bond donors (Lipinski definition) is 0. The molecular formula is C31H34ClFN4O5S. The summed E-state index contributed by atoms with van der Waals surface area (Å²) in [6.45, 7) is 7.14. The number of nitrogens with zero attached hydrogens (tertiary/aromatic N) is 4. The molecule has 5 heterocycles. The van der Waals surface area contributed by atoms with Crippen molar-refractivity contribution in [1.82, 2.24) is 9.80 Å². The normalized spacial score (nSPS) is 28.2. The van der Waals surface area contributed by atoms with Gasteiger partial charge in [-0.1, -0.05) is 35.5 Å². The number of aliphatic imine (C=N–C) groups is 1. The molecule has 7 rings (SSSR count). The van der Waals surface area contributed by atoms with Gasteiger partial charge in [-0.05, 0) is 43.7 Å². The molecule has 2 fully saturated rings. The van der Waals surface area contributed by atoms with Crippen LogP contribution >= 0.6 is 23.4 Å². The molecule has 5 atom stereocenters. The van der Waals surface area contributed by atoms with E-state index < -0.39 is 11.9 Å². The van der Waals surface area contributed by atoms with Crippen molar-refractivity contribution >= 4 is 40.9 Å². The Bertz CT molecular complexity index is 1470. The van der Waals surface area contributed by atoms with E-state index in [1.165, 1.54) is 24.9 Å². The molecule has 2 saturated heterocycles. The highest BCUT2D eigenvalue weighted by molar-refractivity contribution is 8.04. The number of fused-ring (bicyclic) bond motifs is 2. The molecule has 0 N–H and O–H groups in total. The second kappa shape index (κ2) is 11.8. The molecule has 5 unspecified atom stereocenters. The lowest BCUT2D eigenvalue weighted by Gasteiger charge is -2.43. The number of para-hydroxylation sites is 1. The fourth-order valence-corrected chi connectivity index (χ4v) is 7.67. The zero-order valence-electron chi connectivity index (χ0n) is 24.1. The van der Waals surface area contributed by atoms with Crippen LogP contribution in [-0.2, 0) is 14.3 Å². The molecular weight excluding hydrogens is 595 g/mol. The van der Waals surface area contributed by atoms with Crippen LogP contribution in [0, 0.1) is 5.82 Å². The van der Waals surface area contributed by atoms with Gasteiger partial charge in [-0.25, -0.2) is 9.18 Å². The monoisotopic (exact) mass is 628 g/mol. The van der Waals surface area contributed by atoms with Crippen LogP contribution in [0.2, 0.25) is 5.02 Å². The quantitative estimate of drug-likeness (QED) is 0.412. The Kier molecular flexibility index (Phi) is 7.92. The van der Waals surface area contributed by atoms with E-state index >= 15 is 0 Å². The Morgan fingerprint density at radius 2 is 2.12 bits per heavy atom. The first-order chi connectivity index (χ1) is 20.9. The van der Waals surface area contributed by atoms with Gasteiger partial charge in [-0.15, -0.1) is 0 Å². The molecule has 228 valence electrons. The van der Waals surface area contributed by atoms with Crippen LogP contribution in [-0.4, -0.2) is 98.2 Å². The number of rotatable bonds is 7. The third kappa shape index (κ3) is 5.56. The van der Waals surface area contributed by atoms with Gasteiger partial charge in [0.25, 0.3) is 0 Å². The molecule has 0 bridgehead atoms. The average molecular weight is 629 g/mol. The number of esters is 1. The summed E-state index contributed by atoms with van der Waals surface area (Å²) in [6.07, 6.45) is 2.66. The van der Waals surface area contributed by atoms with Gasteiger partial charge < -0.3 is 28.7 Å². The van der Waals surface area contributed by atoms with Crippen molar-refractivity contribution in [3.63, 3.8) is 0 Å². The van der Waals surface area contributed by atoms with Crippen molar-refractivity contribution in [2.24, 2.45) is 4.99 Å². The highest BCUT2D eigenvalue weighted by Crippen LogP contribution is 2.45. The van der Waals surface area contributed by atoms with Crippen LogP contribution in [0.4, 0.5) is 10.1 Å². The van der Waals surface area contributed by atoms with Crippen molar-refractivity contribution in [3.8, 4) is 11.5 Å². The third-order valence-electron chi connectivity index (χ3n) is 8.78. The largest absolute Gasteiger partial charge is 0.485 e.